The maximum atomic E-state index is 12.8. The van der Waals surface area contributed by atoms with Crippen LogP contribution in [0.1, 0.15) is 13.8 Å². The number of carbonyl (C=O) groups is 1. The van der Waals surface area contributed by atoms with Gasteiger partial charge in [-0.1, -0.05) is 32.0 Å². The number of benzene rings is 3. The van der Waals surface area contributed by atoms with Crippen LogP contribution >= 0.6 is 0 Å². The molecule has 1 atom stereocenters. The minimum Gasteiger partial charge on any atom is -0.497 e. The number of nitrogens with one attached hydrogen (secondary N) is 3. The second-order valence-corrected chi connectivity index (χ2v) is 9.29. The minimum atomic E-state index is -3.82. The molecule has 0 aliphatic heterocycles. The molecule has 0 spiro atoms. The van der Waals surface area contributed by atoms with Crippen molar-refractivity contribution >= 4 is 33.0 Å². The maximum Gasteiger partial charge on any atom is 0.242 e. The molecular formula is C24H27N3O4S. The third-order valence-corrected chi connectivity index (χ3v) is 6.27. The van der Waals surface area contributed by atoms with Crippen molar-refractivity contribution < 1.29 is 17.9 Å². The van der Waals surface area contributed by atoms with E-state index in [1.165, 1.54) is 12.1 Å². The standard InChI is InChI=1S/C24H27N3O4S/c1-17(2)23(27-32(29,30)22-7-5-4-6-8-22)24(28)26-20-11-9-18(10-12-20)25-19-13-15-21(31-3)16-14-19/h4-17,23,25,27H,1-3H3,(H,26,28)/t23-/m1/s1. The summed E-state index contributed by atoms with van der Waals surface area (Å²) in [6.45, 7) is 3.58. The lowest BCUT2D eigenvalue weighted by Gasteiger charge is -2.21. The van der Waals surface area contributed by atoms with Crippen LogP contribution in [0.4, 0.5) is 17.1 Å². The van der Waals surface area contributed by atoms with Crippen LogP contribution in [-0.4, -0.2) is 27.5 Å². The number of anilines is 3. The summed E-state index contributed by atoms with van der Waals surface area (Å²) in [6, 6.07) is 21.8. The van der Waals surface area contributed by atoms with Gasteiger partial charge in [-0.15, -0.1) is 0 Å². The van der Waals surface area contributed by atoms with Gasteiger partial charge in [-0.2, -0.15) is 4.72 Å². The molecule has 7 nitrogen and oxygen atoms in total. The van der Waals surface area contributed by atoms with Gasteiger partial charge in [-0.3, -0.25) is 4.79 Å². The van der Waals surface area contributed by atoms with E-state index in [0.717, 1.165) is 17.1 Å². The first-order valence-electron chi connectivity index (χ1n) is 10.2. The van der Waals surface area contributed by atoms with Gasteiger partial charge in [0.05, 0.1) is 12.0 Å². The molecule has 3 aromatic carbocycles. The molecule has 3 rings (SSSR count). The number of rotatable bonds is 9. The molecule has 3 N–H and O–H groups in total. The van der Waals surface area contributed by atoms with Gasteiger partial charge in [0.15, 0.2) is 0 Å². The molecule has 0 saturated carbocycles. The summed E-state index contributed by atoms with van der Waals surface area (Å²) in [6.07, 6.45) is 0. The van der Waals surface area contributed by atoms with Gasteiger partial charge >= 0.3 is 0 Å². The molecule has 0 heterocycles. The normalized spacial score (nSPS) is 12.2. The predicted molar refractivity (Wildman–Crippen MR) is 127 cm³/mol. The van der Waals surface area contributed by atoms with Crippen molar-refractivity contribution in [1.29, 1.82) is 0 Å². The highest BCUT2D eigenvalue weighted by atomic mass is 32.2. The average molecular weight is 454 g/mol. The van der Waals surface area contributed by atoms with Gasteiger partial charge in [-0.25, -0.2) is 8.42 Å². The highest BCUT2D eigenvalue weighted by Crippen LogP contribution is 2.22. The smallest absolute Gasteiger partial charge is 0.242 e. The number of sulfonamides is 1. The number of methoxy groups -OCH3 is 1. The summed E-state index contributed by atoms with van der Waals surface area (Å²) in [7, 11) is -2.20. The molecule has 3 aromatic rings. The molecule has 0 radical (unpaired) electrons. The second kappa shape index (κ2) is 10.3. The molecule has 0 aromatic heterocycles. The lowest BCUT2D eigenvalue weighted by atomic mass is 10.0. The Morgan fingerprint density at radius 2 is 1.34 bits per heavy atom. The first-order chi connectivity index (χ1) is 15.3. The largest absolute Gasteiger partial charge is 0.497 e. The maximum absolute atomic E-state index is 12.8. The van der Waals surface area contributed by atoms with Crippen molar-refractivity contribution in [3.8, 4) is 5.75 Å². The van der Waals surface area contributed by atoms with Gasteiger partial charge < -0.3 is 15.4 Å². The van der Waals surface area contributed by atoms with Gasteiger partial charge in [-0.05, 0) is 66.6 Å². The Bertz CT molecular complexity index is 1130. The molecule has 0 unspecified atom stereocenters. The molecule has 1 amide bonds. The first kappa shape index (κ1) is 23.3. The van der Waals surface area contributed by atoms with Crippen molar-refractivity contribution in [3.63, 3.8) is 0 Å². The third kappa shape index (κ3) is 6.09. The summed E-state index contributed by atoms with van der Waals surface area (Å²) >= 11 is 0. The number of carbonyl (C=O) groups excluding carboxylic acids is 1. The van der Waals surface area contributed by atoms with E-state index in [-0.39, 0.29) is 10.8 Å². The first-order valence-corrected chi connectivity index (χ1v) is 11.7. The molecule has 0 aliphatic rings. The quantitative estimate of drug-likeness (QED) is 0.447. The third-order valence-electron chi connectivity index (χ3n) is 4.82. The van der Waals surface area contributed by atoms with Crippen LogP contribution in [0, 0.1) is 5.92 Å². The van der Waals surface area contributed by atoms with Crippen LogP contribution < -0.4 is 20.1 Å². The van der Waals surface area contributed by atoms with Crippen molar-refractivity contribution in [2.24, 2.45) is 5.92 Å². The number of amides is 1. The molecule has 0 bridgehead atoms. The van der Waals surface area contributed by atoms with Crippen LogP contribution in [-0.2, 0) is 14.8 Å². The van der Waals surface area contributed by atoms with E-state index in [1.807, 2.05) is 36.4 Å². The van der Waals surface area contributed by atoms with E-state index in [1.54, 1.807) is 51.3 Å². The summed E-state index contributed by atoms with van der Waals surface area (Å²) in [4.78, 5) is 13.0. The summed E-state index contributed by atoms with van der Waals surface area (Å²) in [5.74, 6) is 0.107. The number of hydrogen-bond acceptors (Lipinski definition) is 5. The Balaban J connectivity index is 1.66. The lowest BCUT2D eigenvalue weighted by Crippen LogP contribution is -2.47. The topological polar surface area (TPSA) is 96.5 Å². The van der Waals surface area contributed by atoms with Crippen molar-refractivity contribution in [2.45, 2.75) is 24.8 Å². The number of hydrogen-bond donors (Lipinski definition) is 3. The Hall–Kier alpha value is -3.36. The van der Waals surface area contributed by atoms with Gasteiger partial charge in [0.1, 0.15) is 11.8 Å². The Labute approximate surface area is 188 Å². The molecule has 0 saturated heterocycles. The van der Waals surface area contributed by atoms with E-state index < -0.39 is 22.0 Å². The average Bonchev–Trinajstić information content (AvgIpc) is 2.79. The van der Waals surface area contributed by atoms with Crippen molar-refractivity contribution in [1.82, 2.24) is 4.72 Å². The molecule has 8 heteroatoms. The van der Waals surface area contributed by atoms with Crippen molar-refractivity contribution in [2.75, 3.05) is 17.7 Å². The second-order valence-electron chi connectivity index (χ2n) is 7.58. The lowest BCUT2D eigenvalue weighted by molar-refractivity contribution is -0.118. The summed E-state index contributed by atoms with van der Waals surface area (Å²) in [5.41, 5.74) is 2.32. The molecule has 168 valence electrons. The van der Waals surface area contributed by atoms with Crippen LogP contribution in [0.5, 0.6) is 5.75 Å². The molecule has 32 heavy (non-hydrogen) atoms. The fourth-order valence-corrected chi connectivity index (χ4v) is 4.39. The zero-order valence-electron chi connectivity index (χ0n) is 18.2. The predicted octanol–water partition coefficient (Wildman–Crippen LogP) is 4.38. The van der Waals surface area contributed by atoms with Gasteiger partial charge in [0.2, 0.25) is 15.9 Å². The minimum absolute atomic E-state index is 0.118. The summed E-state index contributed by atoms with van der Waals surface area (Å²) < 4.78 is 33.0. The summed E-state index contributed by atoms with van der Waals surface area (Å²) in [5, 5.41) is 6.06. The van der Waals surface area contributed by atoms with E-state index in [9.17, 15) is 13.2 Å². The zero-order chi connectivity index (χ0) is 23.1. The molecular weight excluding hydrogens is 426 g/mol. The molecule has 0 fully saturated rings. The fourth-order valence-electron chi connectivity index (χ4n) is 3.03. The van der Waals surface area contributed by atoms with E-state index in [0.29, 0.717) is 5.69 Å². The highest BCUT2D eigenvalue weighted by molar-refractivity contribution is 7.89. The van der Waals surface area contributed by atoms with E-state index in [4.69, 9.17) is 4.74 Å². The Morgan fingerprint density at radius 3 is 1.88 bits per heavy atom. The van der Waals surface area contributed by atoms with Crippen LogP contribution in [0.3, 0.4) is 0 Å². The van der Waals surface area contributed by atoms with Gasteiger partial charge in [0.25, 0.3) is 0 Å². The SMILES string of the molecule is COc1ccc(Nc2ccc(NC(=O)[C@H](NS(=O)(=O)c3ccccc3)C(C)C)cc2)cc1. The van der Waals surface area contributed by atoms with E-state index in [2.05, 4.69) is 15.4 Å². The Morgan fingerprint density at radius 1 is 0.812 bits per heavy atom. The van der Waals surface area contributed by atoms with Crippen LogP contribution in [0.2, 0.25) is 0 Å². The zero-order valence-corrected chi connectivity index (χ0v) is 19.0. The van der Waals surface area contributed by atoms with Crippen LogP contribution in [0.15, 0.2) is 83.8 Å². The monoisotopic (exact) mass is 453 g/mol. The van der Waals surface area contributed by atoms with Crippen LogP contribution in [0.25, 0.3) is 0 Å². The van der Waals surface area contributed by atoms with Gasteiger partial charge in [0, 0.05) is 17.1 Å². The molecule has 0 aliphatic carbocycles. The highest BCUT2D eigenvalue weighted by Gasteiger charge is 2.28. The fraction of sp³-hybridized carbons (Fsp3) is 0.208. The Kier molecular flexibility index (Phi) is 7.50. The van der Waals surface area contributed by atoms with E-state index >= 15 is 0 Å². The van der Waals surface area contributed by atoms with Crippen molar-refractivity contribution in [3.05, 3.63) is 78.9 Å². The number of ether oxygens (including phenoxy) is 1.